The van der Waals surface area contributed by atoms with Crippen molar-refractivity contribution in [1.29, 1.82) is 0 Å². The van der Waals surface area contributed by atoms with E-state index in [2.05, 4.69) is 34.6 Å². The Morgan fingerprint density at radius 2 is 1.70 bits per heavy atom. The first-order valence-electron chi connectivity index (χ1n) is 13.1. The van der Waals surface area contributed by atoms with Crippen LogP contribution in [-0.2, 0) is 4.79 Å². The highest BCUT2D eigenvalue weighted by Crippen LogP contribution is 2.74. The van der Waals surface area contributed by atoms with Crippen LogP contribution >= 0.6 is 0 Å². The van der Waals surface area contributed by atoms with Crippen molar-refractivity contribution >= 4 is 6.29 Å². The Kier molecular flexibility index (Phi) is 6.12. The largest absolute Gasteiger partial charge is 0.392 e. The lowest BCUT2D eigenvalue weighted by Gasteiger charge is -2.66. The van der Waals surface area contributed by atoms with E-state index in [9.17, 15) is 20.1 Å². The third kappa shape index (κ3) is 3.30. The number of aliphatic hydroxyl groups is 3. The van der Waals surface area contributed by atoms with E-state index in [4.69, 9.17) is 0 Å². The molecule has 0 heterocycles. The summed E-state index contributed by atoms with van der Waals surface area (Å²) in [6.45, 7) is 15.0. The van der Waals surface area contributed by atoms with Gasteiger partial charge in [0.05, 0.1) is 18.3 Å². The third-order valence-corrected chi connectivity index (χ3v) is 11.4. The molecule has 0 aromatic carbocycles. The smallest absolute Gasteiger partial charge is 0.127 e. The monoisotopic (exact) mass is 458 g/mol. The van der Waals surface area contributed by atoms with Crippen molar-refractivity contribution in [3.63, 3.8) is 0 Å². The molecule has 3 fully saturated rings. The Morgan fingerprint density at radius 1 is 1.03 bits per heavy atom. The molecule has 33 heavy (non-hydrogen) atoms. The summed E-state index contributed by atoms with van der Waals surface area (Å²) in [5, 5.41) is 33.3. The van der Waals surface area contributed by atoms with E-state index in [1.54, 1.807) is 0 Å². The first-order chi connectivity index (χ1) is 15.3. The molecule has 4 heteroatoms. The first-order valence-corrected chi connectivity index (χ1v) is 13.1. The summed E-state index contributed by atoms with van der Waals surface area (Å²) >= 11 is 0. The van der Waals surface area contributed by atoms with Gasteiger partial charge in [0, 0.05) is 16.7 Å². The molecule has 3 saturated carbocycles. The second kappa shape index (κ2) is 8.03. The van der Waals surface area contributed by atoms with Crippen molar-refractivity contribution in [2.45, 2.75) is 105 Å². The predicted molar refractivity (Wildman–Crippen MR) is 131 cm³/mol. The Morgan fingerprint density at radius 3 is 2.30 bits per heavy atom. The fourth-order valence-corrected chi connectivity index (χ4v) is 9.22. The highest BCUT2D eigenvalue weighted by molar-refractivity contribution is 5.65. The quantitative estimate of drug-likeness (QED) is 0.406. The number of hydrogen-bond acceptors (Lipinski definition) is 4. The van der Waals surface area contributed by atoms with Gasteiger partial charge in [0.25, 0.3) is 0 Å². The van der Waals surface area contributed by atoms with Gasteiger partial charge in [-0.25, -0.2) is 0 Å². The van der Waals surface area contributed by atoms with E-state index in [1.807, 2.05) is 26.0 Å². The number of fused-ring (bicyclic) bond motifs is 5. The van der Waals surface area contributed by atoms with Crippen LogP contribution in [0.4, 0.5) is 0 Å². The molecule has 186 valence electrons. The number of carbonyl (C=O) groups is 1. The number of carbonyl (C=O) groups excluding carboxylic acids is 1. The van der Waals surface area contributed by atoms with Gasteiger partial charge < -0.3 is 20.1 Å². The van der Waals surface area contributed by atoms with Gasteiger partial charge >= 0.3 is 0 Å². The molecule has 0 spiro atoms. The van der Waals surface area contributed by atoms with Crippen LogP contribution < -0.4 is 0 Å². The average Bonchev–Trinajstić information content (AvgIpc) is 3.01. The molecule has 0 bridgehead atoms. The maximum absolute atomic E-state index is 13.0. The molecule has 0 saturated heterocycles. The molecule has 3 N–H and O–H groups in total. The van der Waals surface area contributed by atoms with Crippen molar-refractivity contribution < 1.29 is 20.1 Å². The number of rotatable bonds is 4. The fourth-order valence-electron chi connectivity index (χ4n) is 9.22. The Balaban J connectivity index is 1.78. The minimum absolute atomic E-state index is 0.0456. The standard InChI is InChI=1S/C29H46O4/c1-17(2)14-22(31)18(3)19-10-11-28(7)25-23(32)15-21-20(8-9-24(33)26(21,4)5)29(25,16-30)13-12-27(19,28)6/h14-16,18-20,22-25,31-33H,8-13H2,1-7H3. The Labute approximate surface area is 200 Å². The summed E-state index contributed by atoms with van der Waals surface area (Å²) in [6.07, 6.45) is 8.82. The summed E-state index contributed by atoms with van der Waals surface area (Å²) in [5.74, 6) is 0.445. The van der Waals surface area contributed by atoms with E-state index >= 15 is 0 Å². The van der Waals surface area contributed by atoms with Gasteiger partial charge in [0.15, 0.2) is 0 Å². The minimum atomic E-state index is -0.688. The van der Waals surface area contributed by atoms with Crippen LogP contribution in [-0.4, -0.2) is 39.9 Å². The van der Waals surface area contributed by atoms with Crippen LogP contribution in [0, 0.1) is 45.3 Å². The predicted octanol–water partition coefficient (Wildman–Crippen LogP) is 5.07. The fraction of sp³-hybridized carbons (Fsp3) is 0.828. The van der Waals surface area contributed by atoms with Gasteiger partial charge in [-0.3, -0.25) is 0 Å². The topological polar surface area (TPSA) is 77.8 Å². The second-order valence-corrected chi connectivity index (χ2v) is 13.3. The van der Waals surface area contributed by atoms with Crippen molar-refractivity contribution in [3.8, 4) is 0 Å². The third-order valence-electron chi connectivity index (χ3n) is 11.4. The molecule has 10 atom stereocenters. The Bertz CT molecular complexity index is 854. The zero-order valence-electron chi connectivity index (χ0n) is 21.8. The molecule has 0 radical (unpaired) electrons. The summed E-state index contributed by atoms with van der Waals surface area (Å²) in [6, 6.07) is 0. The zero-order valence-corrected chi connectivity index (χ0v) is 21.8. The molecule has 0 amide bonds. The SMILES string of the molecule is CC(C)=CC(O)C(C)C1CCC2(C)C3C(O)C=C4C(CCC(O)C4(C)C)C3(C=O)CCC12C. The molecular weight excluding hydrogens is 412 g/mol. The van der Waals surface area contributed by atoms with E-state index in [-0.39, 0.29) is 28.6 Å². The minimum Gasteiger partial charge on any atom is -0.392 e. The highest BCUT2D eigenvalue weighted by Gasteiger charge is 2.70. The molecule has 4 rings (SSSR count). The first kappa shape index (κ1) is 25.1. The van der Waals surface area contributed by atoms with Crippen LogP contribution in [0.5, 0.6) is 0 Å². The van der Waals surface area contributed by atoms with Crippen molar-refractivity contribution in [3.05, 3.63) is 23.3 Å². The summed E-state index contributed by atoms with van der Waals surface area (Å²) in [5.41, 5.74) is 0.991. The summed E-state index contributed by atoms with van der Waals surface area (Å²) in [7, 11) is 0. The van der Waals surface area contributed by atoms with Gasteiger partial charge in [-0.1, -0.05) is 57.9 Å². The second-order valence-electron chi connectivity index (χ2n) is 13.3. The maximum atomic E-state index is 13.0. The lowest BCUT2D eigenvalue weighted by molar-refractivity contribution is -0.184. The molecular formula is C29H46O4. The number of allylic oxidation sites excluding steroid dienone is 1. The van der Waals surface area contributed by atoms with Gasteiger partial charge in [-0.05, 0) is 81.0 Å². The van der Waals surface area contributed by atoms with E-state index in [0.29, 0.717) is 12.3 Å². The van der Waals surface area contributed by atoms with Gasteiger partial charge in [-0.2, -0.15) is 0 Å². The van der Waals surface area contributed by atoms with Gasteiger partial charge in [0.2, 0.25) is 0 Å². The van der Waals surface area contributed by atoms with Crippen LogP contribution in [0.1, 0.15) is 87.0 Å². The summed E-state index contributed by atoms with van der Waals surface area (Å²) < 4.78 is 0. The van der Waals surface area contributed by atoms with Crippen molar-refractivity contribution in [2.24, 2.45) is 45.3 Å². The molecule has 4 nitrogen and oxygen atoms in total. The van der Waals surface area contributed by atoms with Crippen molar-refractivity contribution in [2.75, 3.05) is 0 Å². The van der Waals surface area contributed by atoms with Crippen molar-refractivity contribution in [1.82, 2.24) is 0 Å². The summed E-state index contributed by atoms with van der Waals surface area (Å²) in [4.78, 5) is 13.0. The number of hydrogen-bond donors (Lipinski definition) is 3. The molecule has 10 unspecified atom stereocenters. The van der Waals surface area contributed by atoms with Gasteiger partial charge in [-0.15, -0.1) is 0 Å². The molecule has 0 aliphatic heterocycles. The molecule has 4 aliphatic rings. The lowest BCUT2D eigenvalue weighted by Crippen LogP contribution is -2.64. The molecule has 0 aromatic heterocycles. The van der Waals surface area contributed by atoms with Crippen LogP contribution in [0.2, 0.25) is 0 Å². The molecule has 4 aliphatic carbocycles. The number of aldehydes is 1. The maximum Gasteiger partial charge on any atom is 0.127 e. The van der Waals surface area contributed by atoms with Crippen LogP contribution in [0.25, 0.3) is 0 Å². The normalized spacial score (nSPS) is 47.9. The van der Waals surface area contributed by atoms with E-state index < -0.39 is 29.1 Å². The number of aliphatic hydroxyl groups excluding tert-OH is 3. The molecule has 0 aromatic rings. The van der Waals surface area contributed by atoms with Crippen LogP contribution in [0.3, 0.4) is 0 Å². The highest BCUT2D eigenvalue weighted by atomic mass is 16.3. The van der Waals surface area contributed by atoms with Gasteiger partial charge in [0.1, 0.15) is 6.29 Å². The Hall–Kier alpha value is -0.970. The zero-order chi connectivity index (χ0) is 24.6. The van der Waals surface area contributed by atoms with Crippen LogP contribution in [0.15, 0.2) is 23.3 Å². The van der Waals surface area contributed by atoms with E-state index in [1.165, 1.54) is 6.29 Å². The lowest BCUT2D eigenvalue weighted by atomic mass is 9.38. The average molecular weight is 459 g/mol. The van der Waals surface area contributed by atoms with E-state index in [0.717, 1.165) is 43.3 Å².